The van der Waals surface area contributed by atoms with Crippen LogP contribution >= 0.6 is 0 Å². The highest BCUT2D eigenvalue weighted by Gasteiger charge is 2.22. The molecule has 4 rings (SSSR count). The number of aryl methyl sites for hydroxylation is 1. The van der Waals surface area contributed by atoms with Crippen LogP contribution in [-0.2, 0) is 0 Å². The summed E-state index contributed by atoms with van der Waals surface area (Å²) in [6.07, 6.45) is 5.37. The maximum absolute atomic E-state index is 13.6. The lowest BCUT2D eigenvalue weighted by atomic mass is 9.95. The number of rotatable bonds is 4. The van der Waals surface area contributed by atoms with Gasteiger partial charge in [0, 0.05) is 23.1 Å². The fourth-order valence-electron chi connectivity index (χ4n) is 4.10. The summed E-state index contributed by atoms with van der Waals surface area (Å²) in [5.41, 5.74) is 2.79. The SMILES string of the molecule is CCOc1nc(-c2ccc(F)cc2C)c2ccc(=O)n(C3CCCCC3)c2n1. The number of pyridine rings is 1. The first-order valence-corrected chi connectivity index (χ1v) is 9.91. The van der Waals surface area contributed by atoms with Crippen LogP contribution in [0.15, 0.2) is 35.1 Å². The molecule has 3 aromatic rings. The Morgan fingerprint density at radius 1 is 1.14 bits per heavy atom. The Balaban J connectivity index is 2.00. The number of ether oxygens (including phenoxy) is 1. The highest BCUT2D eigenvalue weighted by Crippen LogP contribution is 2.33. The third-order valence-electron chi connectivity index (χ3n) is 5.42. The molecule has 1 aliphatic rings. The Morgan fingerprint density at radius 3 is 2.64 bits per heavy atom. The molecule has 1 aromatic carbocycles. The van der Waals surface area contributed by atoms with Gasteiger partial charge in [0.25, 0.3) is 5.56 Å². The third-order valence-corrected chi connectivity index (χ3v) is 5.42. The summed E-state index contributed by atoms with van der Waals surface area (Å²) in [5, 5.41) is 0.781. The van der Waals surface area contributed by atoms with Gasteiger partial charge >= 0.3 is 6.01 Å². The van der Waals surface area contributed by atoms with E-state index < -0.39 is 0 Å². The smallest absolute Gasteiger partial charge is 0.318 e. The lowest BCUT2D eigenvalue weighted by Gasteiger charge is -2.25. The van der Waals surface area contributed by atoms with Gasteiger partial charge in [-0.3, -0.25) is 9.36 Å². The van der Waals surface area contributed by atoms with E-state index in [2.05, 4.69) is 9.97 Å². The maximum Gasteiger partial charge on any atom is 0.318 e. The van der Waals surface area contributed by atoms with Crippen LogP contribution in [0.3, 0.4) is 0 Å². The number of fused-ring (bicyclic) bond motifs is 1. The molecule has 0 bridgehead atoms. The van der Waals surface area contributed by atoms with Crippen LogP contribution in [0.25, 0.3) is 22.3 Å². The lowest BCUT2D eigenvalue weighted by molar-refractivity contribution is 0.312. The Kier molecular flexibility index (Phi) is 5.11. The molecular weight excluding hydrogens is 357 g/mol. The maximum atomic E-state index is 13.6. The summed E-state index contributed by atoms with van der Waals surface area (Å²) in [4.78, 5) is 22.0. The number of halogens is 1. The molecule has 28 heavy (non-hydrogen) atoms. The topological polar surface area (TPSA) is 57.0 Å². The Hall–Kier alpha value is -2.76. The van der Waals surface area contributed by atoms with Crippen LogP contribution < -0.4 is 10.3 Å². The van der Waals surface area contributed by atoms with Gasteiger partial charge in [-0.15, -0.1) is 0 Å². The molecule has 2 heterocycles. The number of nitrogens with zero attached hydrogens (tertiary/aromatic N) is 3. The van der Waals surface area contributed by atoms with Crippen molar-refractivity contribution in [1.82, 2.24) is 14.5 Å². The second kappa shape index (κ2) is 7.70. The van der Waals surface area contributed by atoms with Gasteiger partial charge in [0.2, 0.25) is 0 Å². The van der Waals surface area contributed by atoms with Crippen LogP contribution in [0.2, 0.25) is 0 Å². The van der Waals surface area contributed by atoms with Crippen molar-refractivity contribution in [3.63, 3.8) is 0 Å². The van der Waals surface area contributed by atoms with E-state index in [0.717, 1.165) is 42.2 Å². The zero-order valence-corrected chi connectivity index (χ0v) is 16.2. The molecule has 146 valence electrons. The molecule has 0 atom stereocenters. The monoisotopic (exact) mass is 381 g/mol. The average molecular weight is 381 g/mol. The van der Waals surface area contributed by atoms with Gasteiger partial charge in [-0.25, -0.2) is 4.39 Å². The highest BCUT2D eigenvalue weighted by molar-refractivity contribution is 5.91. The Bertz CT molecular complexity index is 1070. The van der Waals surface area contributed by atoms with Crippen LogP contribution in [0, 0.1) is 12.7 Å². The summed E-state index contributed by atoms with van der Waals surface area (Å²) in [6.45, 7) is 4.15. The van der Waals surface area contributed by atoms with Gasteiger partial charge in [-0.05, 0) is 56.5 Å². The van der Waals surface area contributed by atoms with Crippen molar-refractivity contribution in [3.05, 3.63) is 52.1 Å². The molecule has 2 aromatic heterocycles. The molecule has 0 spiro atoms. The van der Waals surface area contributed by atoms with E-state index in [-0.39, 0.29) is 23.4 Å². The normalized spacial score (nSPS) is 15.1. The minimum absolute atomic E-state index is 0.0534. The van der Waals surface area contributed by atoms with Crippen molar-refractivity contribution >= 4 is 11.0 Å². The van der Waals surface area contributed by atoms with Crippen molar-refractivity contribution in [2.45, 2.75) is 52.0 Å². The zero-order chi connectivity index (χ0) is 19.7. The van der Waals surface area contributed by atoms with E-state index >= 15 is 0 Å². The molecule has 0 unspecified atom stereocenters. The standard InChI is InChI=1S/C22H24FN3O2/c1-3-28-22-24-20(17-10-9-15(23)13-14(17)2)18-11-12-19(27)26(21(18)25-22)16-7-5-4-6-8-16/h9-13,16H,3-8H2,1-2H3. The predicted molar refractivity (Wildman–Crippen MR) is 107 cm³/mol. The number of hydrogen-bond acceptors (Lipinski definition) is 4. The summed E-state index contributed by atoms with van der Waals surface area (Å²) in [5.74, 6) is -0.288. The first-order valence-electron chi connectivity index (χ1n) is 9.91. The van der Waals surface area contributed by atoms with Crippen LogP contribution in [0.5, 0.6) is 6.01 Å². The number of hydrogen-bond donors (Lipinski definition) is 0. The van der Waals surface area contributed by atoms with Crippen LogP contribution in [0.1, 0.15) is 50.6 Å². The first-order chi connectivity index (χ1) is 13.6. The number of aromatic nitrogens is 3. The molecule has 0 aliphatic heterocycles. The molecule has 6 heteroatoms. The molecule has 0 radical (unpaired) electrons. The molecule has 1 aliphatic carbocycles. The molecule has 1 saturated carbocycles. The van der Waals surface area contributed by atoms with Gasteiger partial charge in [-0.1, -0.05) is 19.3 Å². The van der Waals surface area contributed by atoms with E-state index in [1.54, 1.807) is 22.8 Å². The molecule has 5 nitrogen and oxygen atoms in total. The molecule has 0 amide bonds. The van der Waals surface area contributed by atoms with Crippen LogP contribution in [0.4, 0.5) is 4.39 Å². The number of benzene rings is 1. The fourth-order valence-corrected chi connectivity index (χ4v) is 4.10. The van der Waals surface area contributed by atoms with Crippen molar-refractivity contribution in [2.75, 3.05) is 6.61 Å². The van der Waals surface area contributed by atoms with Crippen molar-refractivity contribution in [3.8, 4) is 17.3 Å². The summed E-state index contributed by atoms with van der Waals surface area (Å²) in [6, 6.07) is 8.36. The fraction of sp³-hybridized carbons (Fsp3) is 0.409. The largest absolute Gasteiger partial charge is 0.464 e. The van der Waals surface area contributed by atoms with Gasteiger partial charge < -0.3 is 4.74 Å². The first kappa shape index (κ1) is 18.6. The van der Waals surface area contributed by atoms with Crippen molar-refractivity contribution in [1.29, 1.82) is 0 Å². The van der Waals surface area contributed by atoms with Crippen LogP contribution in [-0.4, -0.2) is 21.1 Å². The Morgan fingerprint density at radius 2 is 1.93 bits per heavy atom. The third kappa shape index (κ3) is 3.39. The Labute approximate surface area is 163 Å². The molecule has 0 N–H and O–H groups in total. The lowest BCUT2D eigenvalue weighted by Crippen LogP contribution is -2.27. The van der Waals surface area contributed by atoms with Crippen molar-refractivity contribution in [2.24, 2.45) is 0 Å². The quantitative estimate of drug-likeness (QED) is 0.651. The van der Waals surface area contributed by atoms with E-state index in [1.165, 1.54) is 18.6 Å². The molecular formula is C22H24FN3O2. The van der Waals surface area contributed by atoms with E-state index in [4.69, 9.17) is 4.74 Å². The summed E-state index contributed by atoms with van der Waals surface area (Å²) < 4.78 is 21.1. The highest BCUT2D eigenvalue weighted by atomic mass is 19.1. The van der Waals surface area contributed by atoms with Gasteiger partial charge in [0.1, 0.15) is 5.82 Å². The zero-order valence-electron chi connectivity index (χ0n) is 16.2. The minimum atomic E-state index is -0.288. The van der Waals surface area contributed by atoms with E-state index in [1.807, 2.05) is 13.8 Å². The second-order valence-electron chi connectivity index (χ2n) is 7.32. The van der Waals surface area contributed by atoms with E-state index in [9.17, 15) is 9.18 Å². The van der Waals surface area contributed by atoms with Gasteiger partial charge in [0.15, 0.2) is 5.65 Å². The van der Waals surface area contributed by atoms with Gasteiger partial charge in [0.05, 0.1) is 12.3 Å². The molecule has 0 saturated heterocycles. The minimum Gasteiger partial charge on any atom is -0.464 e. The predicted octanol–water partition coefficient (Wildman–Crippen LogP) is 4.81. The molecule has 1 fully saturated rings. The second-order valence-corrected chi connectivity index (χ2v) is 7.32. The van der Waals surface area contributed by atoms with E-state index in [0.29, 0.717) is 17.9 Å². The summed E-state index contributed by atoms with van der Waals surface area (Å²) in [7, 11) is 0. The van der Waals surface area contributed by atoms with Gasteiger partial charge in [-0.2, -0.15) is 9.97 Å². The average Bonchev–Trinajstić information content (AvgIpc) is 2.68. The summed E-state index contributed by atoms with van der Waals surface area (Å²) >= 11 is 0. The van der Waals surface area contributed by atoms with Crippen molar-refractivity contribution < 1.29 is 9.13 Å².